The number of hydrogen-bond donors (Lipinski definition) is 1. The van der Waals surface area contributed by atoms with Crippen molar-refractivity contribution < 1.29 is 8.78 Å². The summed E-state index contributed by atoms with van der Waals surface area (Å²) < 4.78 is 26.1. The van der Waals surface area contributed by atoms with Gasteiger partial charge >= 0.3 is 6.55 Å². The molecule has 1 aromatic heterocycles. The molecule has 0 aromatic carbocycles. The van der Waals surface area contributed by atoms with Crippen LogP contribution in [0, 0.1) is 0 Å². The van der Waals surface area contributed by atoms with Gasteiger partial charge in [-0.1, -0.05) is 0 Å². The van der Waals surface area contributed by atoms with Gasteiger partial charge in [0.1, 0.15) is 5.82 Å². The van der Waals surface area contributed by atoms with Gasteiger partial charge < -0.3 is 5.32 Å². The van der Waals surface area contributed by atoms with E-state index in [0.717, 1.165) is 24.2 Å². The summed E-state index contributed by atoms with van der Waals surface area (Å²) in [5.74, 6) is 0.434. The van der Waals surface area contributed by atoms with Crippen LogP contribution in [0.5, 0.6) is 0 Å². The summed E-state index contributed by atoms with van der Waals surface area (Å²) in [6.07, 6.45) is 2.75. The van der Waals surface area contributed by atoms with Crippen LogP contribution in [0.1, 0.15) is 19.3 Å². The van der Waals surface area contributed by atoms with Gasteiger partial charge in [0.05, 0.1) is 6.54 Å². The number of nitrogens with zero attached hydrogens (tertiary/aromatic N) is 3. The summed E-state index contributed by atoms with van der Waals surface area (Å²) in [4.78, 5) is 6.12. The lowest BCUT2D eigenvalue weighted by Crippen LogP contribution is -2.48. The molecule has 0 amide bonds. The van der Waals surface area contributed by atoms with E-state index in [0.29, 0.717) is 18.4 Å². The van der Waals surface area contributed by atoms with Gasteiger partial charge in [-0.3, -0.25) is 9.47 Å². The fraction of sp³-hybridized carbons (Fsp3) is 0.700. The molecule has 6 heteroatoms. The van der Waals surface area contributed by atoms with Crippen molar-refractivity contribution in [2.45, 2.75) is 26.1 Å². The Kier molecular flexibility index (Phi) is 3.50. The van der Waals surface area contributed by atoms with Gasteiger partial charge in [-0.15, -0.1) is 0 Å². The van der Waals surface area contributed by atoms with Crippen molar-refractivity contribution in [1.29, 1.82) is 0 Å². The first kappa shape index (κ1) is 11.5. The largest absolute Gasteiger partial charge is 0.319 e. The smallest absolute Gasteiger partial charge is 0.312 e. The summed E-state index contributed by atoms with van der Waals surface area (Å²) in [7, 11) is 0. The zero-order valence-electron chi connectivity index (χ0n) is 9.24. The zero-order chi connectivity index (χ0) is 11.5. The van der Waals surface area contributed by atoms with E-state index in [1.807, 2.05) is 0 Å². The van der Waals surface area contributed by atoms with Crippen LogP contribution in [-0.2, 0) is 6.54 Å². The Bertz CT molecular complexity index is 339. The van der Waals surface area contributed by atoms with Crippen molar-refractivity contribution in [2.24, 2.45) is 0 Å². The molecule has 1 N–H and O–H groups in total. The molecule has 1 aliphatic heterocycles. The maximum absolute atomic E-state index is 12.6. The van der Waals surface area contributed by atoms with Gasteiger partial charge in [-0.05, 0) is 6.92 Å². The Morgan fingerprint density at radius 3 is 3.12 bits per heavy atom. The average Bonchev–Trinajstić information content (AvgIpc) is 2.66. The third-order valence-corrected chi connectivity index (χ3v) is 2.78. The Hall–Kier alpha value is -1.01. The molecule has 1 aliphatic rings. The fourth-order valence-electron chi connectivity index (χ4n) is 2.00. The van der Waals surface area contributed by atoms with E-state index in [1.165, 1.54) is 12.4 Å². The molecule has 0 spiro atoms. The molecule has 0 saturated carbocycles. The Labute approximate surface area is 93.3 Å². The molecule has 0 aliphatic carbocycles. The minimum atomic E-state index is -2.50. The van der Waals surface area contributed by atoms with Gasteiger partial charge in [-0.2, -0.15) is 8.78 Å². The van der Waals surface area contributed by atoms with Gasteiger partial charge in [-0.25, -0.2) is 4.98 Å². The highest BCUT2D eigenvalue weighted by Crippen LogP contribution is 2.14. The third-order valence-electron chi connectivity index (χ3n) is 2.78. The van der Waals surface area contributed by atoms with E-state index in [1.54, 1.807) is 0 Å². The molecular weight excluding hydrogens is 214 g/mol. The highest BCUT2D eigenvalue weighted by molar-refractivity contribution is 4.93. The first-order chi connectivity index (χ1) is 7.66. The Morgan fingerprint density at radius 1 is 1.62 bits per heavy atom. The monoisotopic (exact) mass is 230 g/mol. The SMILES string of the molecule is C[C@@H]1CN(Cc2nccn2C(F)F)CCN1. The lowest BCUT2D eigenvalue weighted by atomic mass is 10.2. The topological polar surface area (TPSA) is 33.1 Å². The molecule has 90 valence electrons. The van der Waals surface area contributed by atoms with Crippen molar-refractivity contribution in [3.05, 3.63) is 18.2 Å². The lowest BCUT2D eigenvalue weighted by Gasteiger charge is -2.31. The van der Waals surface area contributed by atoms with Crippen LogP contribution >= 0.6 is 0 Å². The summed E-state index contributed by atoms with van der Waals surface area (Å²) in [5, 5.41) is 3.31. The molecule has 0 bridgehead atoms. The minimum absolute atomic E-state index is 0.406. The van der Waals surface area contributed by atoms with E-state index >= 15 is 0 Å². The van der Waals surface area contributed by atoms with Crippen LogP contribution < -0.4 is 5.32 Å². The first-order valence-corrected chi connectivity index (χ1v) is 5.42. The highest BCUT2D eigenvalue weighted by atomic mass is 19.3. The third kappa shape index (κ3) is 2.56. The molecule has 1 saturated heterocycles. The second kappa shape index (κ2) is 4.88. The van der Waals surface area contributed by atoms with Gasteiger partial charge in [0, 0.05) is 38.1 Å². The molecule has 4 nitrogen and oxygen atoms in total. The minimum Gasteiger partial charge on any atom is -0.312 e. The number of piperazine rings is 1. The van der Waals surface area contributed by atoms with Gasteiger partial charge in [0.25, 0.3) is 0 Å². The van der Waals surface area contributed by atoms with Crippen molar-refractivity contribution in [2.75, 3.05) is 19.6 Å². The zero-order valence-corrected chi connectivity index (χ0v) is 9.24. The fourth-order valence-corrected chi connectivity index (χ4v) is 2.00. The number of aromatic nitrogens is 2. The van der Waals surface area contributed by atoms with Crippen molar-refractivity contribution >= 4 is 0 Å². The number of rotatable bonds is 3. The Morgan fingerprint density at radius 2 is 2.44 bits per heavy atom. The predicted molar refractivity (Wildman–Crippen MR) is 56.2 cm³/mol. The summed E-state index contributed by atoms with van der Waals surface area (Å²) in [5.41, 5.74) is 0. The number of alkyl halides is 2. The van der Waals surface area contributed by atoms with Crippen LogP contribution in [0.4, 0.5) is 8.78 Å². The van der Waals surface area contributed by atoms with Crippen molar-refractivity contribution in [1.82, 2.24) is 19.8 Å². The van der Waals surface area contributed by atoms with Gasteiger partial charge in [0.15, 0.2) is 0 Å². The normalized spacial score (nSPS) is 22.9. The number of imidazole rings is 1. The predicted octanol–water partition coefficient (Wildman–Crippen LogP) is 1.07. The molecule has 0 radical (unpaired) electrons. The second-order valence-electron chi connectivity index (χ2n) is 4.12. The standard InChI is InChI=1S/C10H16F2N4/c1-8-6-15(4-2-13-8)7-9-14-3-5-16(9)10(11)12/h3,5,8,10,13H,2,4,6-7H2,1H3/t8-/m1/s1. The second-order valence-corrected chi connectivity index (χ2v) is 4.12. The Balaban J connectivity index is 2.00. The number of nitrogens with one attached hydrogen (secondary N) is 1. The van der Waals surface area contributed by atoms with Crippen LogP contribution in [0.25, 0.3) is 0 Å². The van der Waals surface area contributed by atoms with E-state index in [2.05, 4.69) is 22.1 Å². The quantitative estimate of drug-likeness (QED) is 0.843. The van der Waals surface area contributed by atoms with Crippen molar-refractivity contribution in [3.63, 3.8) is 0 Å². The van der Waals surface area contributed by atoms with Crippen molar-refractivity contribution in [3.8, 4) is 0 Å². The van der Waals surface area contributed by atoms with Crippen LogP contribution in [0.2, 0.25) is 0 Å². The maximum atomic E-state index is 12.6. The molecule has 1 atom stereocenters. The maximum Gasteiger partial charge on any atom is 0.319 e. The van der Waals surface area contributed by atoms with E-state index < -0.39 is 6.55 Å². The van der Waals surface area contributed by atoms with E-state index in [-0.39, 0.29) is 0 Å². The average molecular weight is 230 g/mol. The number of halogens is 2. The van der Waals surface area contributed by atoms with E-state index in [4.69, 9.17) is 0 Å². The van der Waals surface area contributed by atoms with Crippen LogP contribution in [0.15, 0.2) is 12.4 Å². The lowest BCUT2D eigenvalue weighted by molar-refractivity contribution is 0.0629. The van der Waals surface area contributed by atoms with Gasteiger partial charge in [0.2, 0.25) is 0 Å². The van der Waals surface area contributed by atoms with Crippen LogP contribution in [0.3, 0.4) is 0 Å². The molecule has 1 fully saturated rings. The molecular formula is C10H16F2N4. The molecule has 2 rings (SSSR count). The molecule has 0 unspecified atom stereocenters. The number of hydrogen-bond acceptors (Lipinski definition) is 3. The van der Waals surface area contributed by atoms with Crippen LogP contribution in [-0.4, -0.2) is 40.1 Å². The van der Waals surface area contributed by atoms with E-state index in [9.17, 15) is 8.78 Å². The summed E-state index contributed by atoms with van der Waals surface area (Å²) in [6.45, 7) is 2.72. The molecule has 1 aromatic rings. The molecule has 2 heterocycles. The summed E-state index contributed by atoms with van der Waals surface area (Å²) >= 11 is 0. The molecule has 16 heavy (non-hydrogen) atoms. The first-order valence-electron chi connectivity index (χ1n) is 5.42. The summed E-state index contributed by atoms with van der Waals surface area (Å²) in [6, 6.07) is 0.406. The highest BCUT2D eigenvalue weighted by Gasteiger charge is 2.19.